The predicted octanol–water partition coefficient (Wildman–Crippen LogP) is 1.08. The minimum Gasteiger partial charge on any atom is -0.383 e. The van der Waals surface area contributed by atoms with Crippen molar-refractivity contribution in [3.8, 4) is 0 Å². The second-order valence-corrected chi connectivity index (χ2v) is 5.34. The summed E-state index contributed by atoms with van der Waals surface area (Å²) < 4.78 is 5.02. The third-order valence-corrected chi connectivity index (χ3v) is 3.86. The van der Waals surface area contributed by atoms with Crippen molar-refractivity contribution in [3.63, 3.8) is 0 Å². The lowest BCUT2D eigenvalue weighted by atomic mass is 9.94. The molecule has 21 heavy (non-hydrogen) atoms. The van der Waals surface area contributed by atoms with Gasteiger partial charge in [0.25, 0.3) is 5.91 Å². The van der Waals surface area contributed by atoms with Gasteiger partial charge in [-0.1, -0.05) is 18.2 Å². The lowest BCUT2D eigenvalue weighted by molar-refractivity contribution is -0.128. The summed E-state index contributed by atoms with van der Waals surface area (Å²) in [6, 6.07) is 7.58. The monoisotopic (exact) mass is 290 g/mol. The molecule has 1 aromatic carbocycles. The second-order valence-electron chi connectivity index (χ2n) is 5.34. The molecule has 0 spiro atoms. The van der Waals surface area contributed by atoms with Crippen molar-refractivity contribution in [1.29, 1.82) is 0 Å². The molecule has 5 heteroatoms. The van der Waals surface area contributed by atoms with E-state index in [0.717, 1.165) is 18.5 Å². The normalized spacial score (nSPS) is 18.1. The van der Waals surface area contributed by atoms with Gasteiger partial charge in [0.2, 0.25) is 5.91 Å². The number of nitrogens with zero attached hydrogens (tertiary/aromatic N) is 1. The van der Waals surface area contributed by atoms with E-state index in [1.54, 1.807) is 14.2 Å². The molecule has 2 rings (SSSR count). The summed E-state index contributed by atoms with van der Waals surface area (Å²) in [5.41, 5.74) is 1.70. The molecule has 0 radical (unpaired) electrons. The number of ether oxygens (including phenoxy) is 1. The van der Waals surface area contributed by atoms with E-state index in [4.69, 9.17) is 4.74 Å². The maximum absolute atomic E-state index is 11.9. The third kappa shape index (κ3) is 3.82. The van der Waals surface area contributed by atoms with Gasteiger partial charge in [0.05, 0.1) is 6.61 Å². The van der Waals surface area contributed by atoms with Crippen LogP contribution in [0.25, 0.3) is 0 Å². The van der Waals surface area contributed by atoms with Gasteiger partial charge in [0, 0.05) is 39.2 Å². The molecule has 5 nitrogen and oxygen atoms in total. The van der Waals surface area contributed by atoms with Crippen LogP contribution in [0, 0.1) is 5.92 Å². The number of hydrogen-bond donors (Lipinski definition) is 1. The Morgan fingerprint density at radius 3 is 2.90 bits per heavy atom. The smallest absolute Gasteiger partial charge is 0.251 e. The van der Waals surface area contributed by atoms with Crippen LogP contribution < -0.4 is 5.32 Å². The van der Waals surface area contributed by atoms with Gasteiger partial charge in [-0.2, -0.15) is 0 Å². The number of benzene rings is 1. The van der Waals surface area contributed by atoms with Crippen molar-refractivity contribution in [2.24, 2.45) is 5.92 Å². The van der Waals surface area contributed by atoms with Gasteiger partial charge in [-0.3, -0.25) is 9.59 Å². The summed E-state index contributed by atoms with van der Waals surface area (Å²) >= 11 is 0. The van der Waals surface area contributed by atoms with E-state index in [1.165, 1.54) is 0 Å². The number of methoxy groups -OCH3 is 1. The average molecular weight is 290 g/mol. The number of hydrogen-bond acceptors (Lipinski definition) is 3. The number of rotatable bonds is 6. The summed E-state index contributed by atoms with van der Waals surface area (Å²) in [5, 5.41) is 2.66. The van der Waals surface area contributed by atoms with Crippen LogP contribution in [0.4, 0.5) is 0 Å². The Labute approximate surface area is 125 Å². The zero-order valence-corrected chi connectivity index (χ0v) is 12.6. The largest absolute Gasteiger partial charge is 0.383 e. The van der Waals surface area contributed by atoms with Crippen LogP contribution in [0.1, 0.15) is 22.3 Å². The zero-order valence-electron chi connectivity index (χ0n) is 12.6. The number of likely N-dealkylation sites (tertiary alicyclic amines) is 1. The summed E-state index contributed by atoms with van der Waals surface area (Å²) in [6.45, 7) is 1.94. The highest BCUT2D eigenvalue weighted by Crippen LogP contribution is 2.23. The summed E-state index contributed by atoms with van der Waals surface area (Å²) in [6.07, 6.45) is 1.30. The van der Waals surface area contributed by atoms with Gasteiger partial charge in [0.1, 0.15) is 0 Å². The molecule has 2 amide bonds. The van der Waals surface area contributed by atoms with Gasteiger partial charge in [-0.05, 0) is 24.0 Å². The van der Waals surface area contributed by atoms with E-state index in [2.05, 4.69) is 5.32 Å². The summed E-state index contributed by atoms with van der Waals surface area (Å²) in [5.74, 6) is 0.362. The molecule has 1 heterocycles. The van der Waals surface area contributed by atoms with Gasteiger partial charge in [-0.15, -0.1) is 0 Å². The van der Waals surface area contributed by atoms with E-state index >= 15 is 0 Å². The molecule has 0 saturated carbocycles. The Bertz CT molecular complexity index is 516. The standard InChI is InChI=1S/C16H22N2O3/c1-17-16(20)14-6-4-3-5-13(14)9-12-10-15(19)18(11-12)7-8-21-2/h3-6,12H,7-11H2,1-2H3,(H,17,20)/t12-/m0/s1. The molecule has 0 unspecified atom stereocenters. The summed E-state index contributed by atoms with van der Waals surface area (Å²) in [4.78, 5) is 25.7. The number of carbonyl (C=O) groups is 2. The number of nitrogens with one attached hydrogen (secondary N) is 1. The van der Waals surface area contributed by atoms with Crippen molar-refractivity contribution in [3.05, 3.63) is 35.4 Å². The highest BCUT2D eigenvalue weighted by molar-refractivity contribution is 5.95. The lowest BCUT2D eigenvalue weighted by Crippen LogP contribution is -2.29. The molecule has 0 bridgehead atoms. The Morgan fingerprint density at radius 2 is 2.19 bits per heavy atom. The maximum atomic E-state index is 11.9. The van der Waals surface area contributed by atoms with E-state index in [-0.39, 0.29) is 17.7 Å². The first-order valence-corrected chi connectivity index (χ1v) is 7.22. The summed E-state index contributed by atoms with van der Waals surface area (Å²) in [7, 11) is 3.27. The fraction of sp³-hybridized carbons (Fsp3) is 0.500. The van der Waals surface area contributed by atoms with Crippen molar-refractivity contribution in [2.75, 3.05) is 33.9 Å². The fourth-order valence-corrected chi connectivity index (χ4v) is 2.77. The molecular formula is C16H22N2O3. The average Bonchev–Trinajstić information content (AvgIpc) is 2.84. The topological polar surface area (TPSA) is 58.6 Å². The van der Waals surface area contributed by atoms with E-state index in [1.807, 2.05) is 29.2 Å². The molecular weight excluding hydrogens is 268 g/mol. The minimum atomic E-state index is -0.0776. The Balaban J connectivity index is 2.03. The first-order valence-electron chi connectivity index (χ1n) is 7.22. The molecule has 1 aliphatic heterocycles. The van der Waals surface area contributed by atoms with Gasteiger partial charge in [0.15, 0.2) is 0 Å². The highest BCUT2D eigenvalue weighted by Gasteiger charge is 2.29. The van der Waals surface area contributed by atoms with Crippen LogP contribution in [-0.2, 0) is 16.0 Å². The second kappa shape index (κ2) is 7.22. The van der Waals surface area contributed by atoms with Crippen LogP contribution >= 0.6 is 0 Å². The van der Waals surface area contributed by atoms with Gasteiger partial charge >= 0.3 is 0 Å². The fourth-order valence-electron chi connectivity index (χ4n) is 2.77. The quantitative estimate of drug-likeness (QED) is 0.853. The van der Waals surface area contributed by atoms with Crippen LogP contribution in [0.2, 0.25) is 0 Å². The van der Waals surface area contributed by atoms with E-state index in [0.29, 0.717) is 25.1 Å². The van der Waals surface area contributed by atoms with Gasteiger partial charge in [-0.25, -0.2) is 0 Å². The van der Waals surface area contributed by atoms with Gasteiger partial charge < -0.3 is 15.0 Å². The van der Waals surface area contributed by atoms with E-state index < -0.39 is 0 Å². The van der Waals surface area contributed by atoms with Crippen molar-refractivity contribution < 1.29 is 14.3 Å². The van der Waals surface area contributed by atoms with Crippen molar-refractivity contribution >= 4 is 11.8 Å². The number of carbonyl (C=O) groups excluding carboxylic acids is 2. The minimum absolute atomic E-state index is 0.0776. The van der Waals surface area contributed by atoms with Crippen LogP contribution in [0.15, 0.2) is 24.3 Å². The molecule has 0 aromatic heterocycles. The SMILES string of the molecule is CNC(=O)c1ccccc1C[C@H]1CC(=O)N(CCOC)C1. The predicted molar refractivity (Wildman–Crippen MR) is 80.1 cm³/mol. The van der Waals surface area contributed by atoms with Crippen molar-refractivity contribution in [2.45, 2.75) is 12.8 Å². The van der Waals surface area contributed by atoms with Crippen molar-refractivity contribution in [1.82, 2.24) is 10.2 Å². The molecule has 114 valence electrons. The Hall–Kier alpha value is -1.88. The molecule has 1 N–H and O–H groups in total. The highest BCUT2D eigenvalue weighted by atomic mass is 16.5. The molecule has 1 aromatic rings. The van der Waals surface area contributed by atoms with Crippen LogP contribution in [0.5, 0.6) is 0 Å². The Morgan fingerprint density at radius 1 is 1.43 bits per heavy atom. The first-order chi connectivity index (χ1) is 10.2. The maximum Gasteiger partial charge on any atom is 0.251 e. The molecule has 0 aliphatic carbocycles. The number of amides is 2. The third-order valence-electron chi connectivity index (χ3n) is 3.86. The van der Waals surface area contributed by atoms with E-state index in [9.17, 15) is 9.59 Å². The molecule has 1 aliphatic rings. The zero-order chi connectivity index (χ0) is 15.2. The molecule has 1 atom stereocenters. The molecule has 1 fully saturated rings. The Kier molecular flexibility index (Phi) is 5.33. The molecule has 1 saturated heterocycles. The lowest BCUT2D eigenvalue weighted by Gasteiger charge is -2.16. The van der Waals surface area contributed by atoms with Crippen LogP contribution in [0.3, 0.4) is 0 Å². The van der Waals surface area contributed by atoms with Crippen LogP contribution in [-0.4, -0.2) is 50.6 Å². The first kappa shape index (κ1) is 15.5.